The van der Waals surface area contributed by atoms with Crippen molar-refractivity contribution in [3.05, 3.63) is 42.3 Å². The van der Waals surface area contributed by atoms with Gasteiger partial charge in [0.05, 0.1) is 23.7 Å². The molecular formula is C22H25FN4O6S. The van der Waals surface area contributed by atoms with Crippen LogP contribution in [-0.4, -0.2) is 75.4 Å². The normalized spacial score (nSPS) is 20.7. The zero-order valence-electron chi connectivity index (χ0n) is 18.5. The summed E-state index contributed by atoms with van der Waals surface area (Å²) in [6, 6.07) is 7.04. The largest absolute Gasteiger partial charge is 0.461 e. The Labute approximate surface area is 196 Å². The minimum Gasteiger partial charge on any atom is -0.461 e. The summed E-state index contributed by atoms with van der Waals surface area (Å²) in [4.78, 5) is 31.2. The van der Waals surface area contributed by atoms with Crippen LogP contribution < -0.4 is 15.5 Å². The zero-order chi connectivity index (χ0) is 24.5. The number of pyridine rings is 1. The second-order valence-corrected chi connectivity index (χ2v) is 10.5. The van der Waals surface area contributed by atoms with Crippen LogP contribution in [0.1, 0.15) is 6.92 Å². The molecule has 2 aliphatic rings. The van der Waals surface area contributed by atoms with Crippen molar-refractivity contribution in [2.24, 2.45) is 5.73 Å². The molecule has 2 N–H and O–H groups in total. The number of ether oxygens (including phenoxy) is 2. The van der Waals surface area contributed by atoms with Gasteiger partial charge in [-0.05, 0) is 37.3 Å². The van der Waals surface area contributed by atoms with E-state index in [1.165, 1.54) is 24.1 Å². The molecule has 0 saturated carbocycles. The number of anilines is 2. The molecule has 1 amide bonds. The van der Waals surface area contributed by atoms with Crippen LogP contribution in [0.4, 0.5) is 20.7 Å². The maximum Gasteiger partial charge on any atom is 0.414 e. The fraction of sp³-hybridized carbons (Fsp3) is 0.409. The standard InChI is InChI=1S/C22H25FN4O6S/c1-14(24)21(28)32-13-17-12-27(22(29)33-17)16-3-4-18(19(23)10-16)15-2-5-20(25-11-15)26-6-8-34(30,31)9-7-26/h2-5,10-11,14,17H,6-9,12-13,24H2,1H3/t14-,17+/m0/s1. The number of cyclic esters (lactones) is 1. The summed E-state index contributed by atoms with van der Waals surface area (Å²) in [5.41, 5.74) is 6.60. The maximum absolute atomic E-state index is 14.9. The van der Waals surface area contributed by atoms with Gasteiger partial charge in [-0.1, -0.05) is 0 Å². The Bertz CT molecular complexity index is 1170. The summed E-state index contributed by atoms with van der Waals surface area (Å²) >= 11 is 0. The summed E-state index contributed by atoms with van der Waals surface area (Å²) in [6.07, 6.45) is 0.187. The van der Waals surface area contributed by atoms with Gasteiger partial charge < -0.3 is 20.1 Å². The van der Waals surface area contributed by atoms with Crippen molar-refractivity contribution in [3.63, 3.8) is 0 Å². The number of hydrogen-bond acceptors (Lipinski definition) is 9. The van der Waals surface area contributed by atoms with E-state index in [1.54, 1.807) is 24.3 Å². The molecule has 2 aromatic rings. The highest BCUT2D eigenvalue weighted by Gasteiger charge is 2.34. The third-order valence-corrected chi connectivity index (χ3v) is 7.26. The van der Waals surface area contributed by atoms with Crippen molar-refractivity contribution in [2.45, 2.75) is 19.1 Å². The van der Waals surface area contributed by atoms with Crippen LogP contribution in [0.25, 0.3) is 11.1 Å². The number of sulfone groups is 1. The van der Waals surface area contributed by atoms with Crippen LogP contribution in [0, 0.1) is 5.82 Å². The lowest BCUT2D eigenvalue weighted by Gasteiger charge is -2.27. The first-order valence-electron chi connectivity index (χ1n) is 10.7. The van der Waals surface area contributed by atoms with Gasteiger partial charge >= 0.3 is 12.1 Å². The van der Waals surface area contributed by atoms with Gasteiger partial charge in [0.15, 0.2) is 15.9 Å². The summed E-state index contributed by atoms with van der Waals surface area (Å²) in [5, 5.41) is 0. The Balaban J connectivity index is 1.42. The number of aromatic nitrogens is 1. The van der Waals surface area contributed by atoms with Gasteiger partial charge in [-0.3, -0.25) is 9.69 Å². The van der Waals surface area contributed by atoms with Gasteiger partial charge in [0.2, 0.25) is 0 Å². The Hall–Kier alpha value is -3.25. The first-order valence-corrected chi connectivity index (χ1v) is 12.6. The summed E-state index contributed by atoms with van der Waals surface area (Å²) < 4.78 is 48.3. The third-order valence-electron chi connectivity index (χ3n) is 5.65. The molecular weight excluding hydrogens is 467 g/mol. The molecule has 2 saturated heterocycles. The van der Waals surface area contributed by atoms with Crippen molar-refractivity contribution in [2.75, 3.05) is 47.5 Å². The second kappa shape index (κ2) is 9.55. The predicted molar refractivity (Wildman–Crippen MR) is 123 cm³/mol. The second-order valence-electron chi connectivity index (χ2n) is 8.24. The van der Waals surface area contributed by atoms with Crippen LogP contribution in [0.2, 0.25) is 0 Å². The number of nitrogens with zero attached hydrogens (tertiary/aromatic N) is 3. The molecule has 0 radical (unpaired) electrons. The minimum absolute atomic E-state index is 0.0842. The number of carbonyl (C=O) groups is 2. The van der Waals surface area contributed by atoms with Crippen LogP contribution in [0.3, 0.4) is 0 Å². The summed E-state index contributed by atoms with van der Waals surface area (Å²) in [6.45, 7) is 2.20. The van der Waals surface area contributed by atoms with Crippen molar-refractivity contribution < 1.29 is 31.9 Å². The fourth-order valence-electron chi connectivity index (χ4n) is 3.71. The van der Waals surface area contributed by atoms with E-state index >= 15 is 0 Å². The predicted octanol–water partition coefficient (Wildman–Crippen LogP) is 1.34. The SMILES string of the molecule is C[C@H](N)C(=O)OC[C@H]1CN(c2ccc(-c3ccc(N4CCS(=O)(=O)CC4)nc3)c(F)c2)C(=O)O1. The van der Waals surface area contributed by atoms with E-state index in [2.05, 4.69) is 4.98 Å². The Morgan fingerprint density at radius 3 is 2.65 bits per heavy atom. The number of halogens is 1. The average Bonchev–Trinajstić information content (AvgIpc) is 3.18. The van der Waals surface area contributed by atoms with E-state index < -0.39 is 39.9 Å². The van der Waals surface area contributed by atoms with E-state index in [0.29, 0.717) is 35.7 Å². The van der Waals surface area contributed by atoms with Gasteiger partial charge in [0.25, 0.3) is 0 Å². The van der Waals surface area contributed by atoms with Crippen LogP contribution in [0.5, 0.6) is 0 Å². The third kappa shape index (κ3) is 5.28. The molecule has 2 aliphatic heterocycles. The number of benzene rings is 1. The van der Waals surface area contributed by atoms with Crippen LogP contribution >= 0.6 is 0 Å². The van der Waals surface area contributed by atoms with Gasteiger partial charge in [0.1, 0.15) is 24.3 Å². The van der Waals surface area contributed by atoms with Crippen molar-refractivity contribution in [1.29, 1.82) is 0 Å². The highest BCUT2D eigenvalue weighted by Crippen LogP contribution is 2.30. The van der Waals surface area contributed by atoms with E-state index in [4.69, 9.17) is 15.2 Å². The van der Waals surface area contributed by atoms with Gasteiger partial charge in [-0.25, -0.2) is 22.6 Å². The first-order chi connectivity index (χ1) is 16.1. The molecule has 3 heterocycles. The Morgan fingerprint density at radius 2 is 2.03 bits per heavy atom. The van der Waals surface area contributed by atoms with E-state index in [9.17, 15) is 22.4 Å². The highest BCUT2D eigenvalue weighted by molar-refractivity contribution is 7.91. The molecule has 1 aromatic carbocycles. The zero-order valence-corrected chi connectivity index (χ0v) is 19.3. The van der Waals surface area contributed by atoms with E-state index in [-0.39, 0.29) is 24.7 Å². The van der Waals surface area contributed by atoms with Crippen LogP contribution in [-0.2, 0) is 24.1 Å². The molecule has 34 heavy (non-hydrogen) atoms. The molecule has 10 nitrogen and oxygen atoms in total. The van der Waals surface area contributed by atoms with Gasteiger partial charge in [0, 0.05) is 30.4 Å². The molecule has 0 spiro atoms. The highest BCUT2D eigenvalue weighted by atomic mass is 32.2. The summed E-state index contributed by atoms with van der Waals surface area (Å²) in [5.74, 6) is -0.348. The summed E-state index contributed by atoms with van der Waals surface area (Å²) in [7, 11) is -2.99. The van der Waals surface area contributed by atoms with E-state index in [1.807, 2.05) is 4.90 Å². The number of carbonyl (C=O) groups excluding carboxylic acids is 2. The number of nitrogens with two attached hydrogens (primary N) is 1. The van der Waals surface area contributed by atoms with Crippen molar-refractivity contribution in [1.82, 2.24) is 4.98 Å². The molecule has 182 valence electrons. The molecule has 4 rings (SSSR count). The van der Waals surface area contributed by atoms with Crippen molar-refractivity contribution in [3.8, 4) is 11.1 Å². The quantitative estimate of drug-likeness (QED) is 0.593. The molecule has 0 unspecified atom stereocenters. The smallest absolute Gasteiger partial charge is 0.414 e. The molecule has 1 aromatic heterocycles. The topological polar surface area (TPSA) is 132 Å². The lowest BCUT2D eigenvalue weighted by atomic mass is 10.1. The van der Waals surface area contributed by atoms with Gasteiger partial charge in [-0.15, -0.1) is 0 Å². The molecule has 12 heteroatoms. The maximum atomic E-state index is 14.9. The Kier molecular flexibility index (Phi) is 6.71. The number of hydrogen-bond donors (Lipinski definition) is 1. The van der Waals surface area contributed by atoms with Gasteiger partial charge in [-0.2, -0.15) is 0 Å². The molecule has 2 fully saturated rings. The minimum atomic E-state index is -2.99. The Morgan fingerprint density at radius 1 is 1.29 bits per heavy atom. The number of esters is 1. The van der Waals surface area contributed by atoms with Crippen LogP contribution in [0.15, 0.2) is 36.5 Å². The number of rotatable bonds is 6. The first kappa shape index (κ1) is 23.9. The number of amides is 1. The molecule has 0 aliphatic carbocycles. The van der Waals surface area contributed by atoms with E-state index in [0.717, 1.165) is 0 Å². The molecule has 2 atom stereocenters. The fourth-order valence-corrected chi connectivity index (χ4v) is 4.91. The average molecular weight is 493 g/mol. The lowest BCUT2D eigenvalue weighted by molar-refractivity contribution is -0.147. The lowest BCUT2D eigenvalue weighted by Crippen LogP contribution is -2.40. The monoisotopic (exact) mass is 492 g/mol. The molecule has 0 bridgehead atoms. The van der Waals surface area contributed by atoms with Crippen molar-refractivity contribution >= 4 is 33.4 Å².